The first-order valence-corrected chi connectivity index (χ1v) is 6.65. The number of halogens is 1. The van der Waals surface area contributed by atoms with Crippen molar-refractivity contribution < 1.29 is 0 Å². The van der Waals surface area contributed by atoms with Gasteiger partial charge in [0.15, 0.2) is 0 Å². The molecule has 0 aromatic rings. The highest BCUT2D eigenvalue weighted by Gasteiger charge is 2.59. The normalized spacial score (nSPS) is 51.1. The van der Waals surface area contributed by atoms with Crippen LogP contribution in [0.2, 0.25) is 0 Å². The molecule has 4 aliphatic carbocycles. The zero-order chi connectivity index (χ0) is 11.6. The van der Waals surface area contributed by atoms with Gasteiger partial charge in [-0.3, -0.25) is 5.41 Å². The lowest BCUT2D eigenvalue weighted by molar-refractivity contribution is -0.141. The lowest BCUT2D eigenvalue weighted by Crippen LogP contribution is -2.55. The van der Waals surface area contributed by atoms with Gasteiger partial charge in [0.1, 0.15) is 0 Å². The Balaban J connectivity index is 0.00000108. The molecule has 98 valence electrons. The summed E-state index contributed by atoms with van der Waals surface area (Å²) >= 11 is 0. The van der Waals surface area contributed by atoms with Crippen molar-refractivity contribution in [3.8, 4) is 0 Å². The standard InChI is InChI=1S/C14H24N2.ClH/c1-12-3-10-4-13(2,7-12)9-14(5-10,8-12)6-11(15)16;/h10H,3-9H2,1-2H3,(H3,15,16);1H. The second kappa shape index (κ2) is 3.63. The summed E-state index contributed by atoms with van der Waals surface area (Å²) in [6.45, 7) is 4.95. The molecular formula is C14H25ClN2. The molecule has 0 heterocycles. The average molecular weight is 257 g/mol. The third-order valence-corrected chi connectivity index (χ3v) is 5.31. The summed E-state index contributed by atoms with van der Waals surface area (Å²) in [6.07, 6.45) is 9.13. The summed E-state index contributed by atoms with van der Waals surface area (Å²) < 4.78 is 0. The Bertz CT molecular complexity index is 334. The number of hydrogen-bond acceptors (Lipinski definition) is 1. The van der Waals surface area contributed by atoms with E-state index < -0.39 is 0 Å². The molecule has 4 rings (SSSR count). The van der Waals surface area contributed by atoms with E-state index in [1.807, 2.05) is 0 Å². The first-order valence-electron chi connectivity index (χ1n) is 6.65. The molecule has 3 heteroatoms. The highest BCUT2D eigenvalue weighted by molar-refractivity contribution is 5.85. The molecule has 0 amide bonds. The van der Waals surface area contributed by atoms with Crippen LogP contribution in [0.1, 0.15) is 58.8 Å². The fourth-order valence-electron chi connectivity index (χ4n) is 6.29. The van der Waals surface area contributed by atoms with Gasteiger partial charge in [-0.25, -0.2) is 0 Å². The molecule has 4 fully saturated rings. The van der Waals surface area contributed by atoms with E-state index in [0.717, 1.165) is 12.3 Å². The Morgan fingerprint density at radius 2 is 1.65 bits per heavy atom. The predicted octanol–water partition coefficient (Wildman–Crippen LogP) is 3.73. The Kier molecular flexibility index (Phi) is 2.82. The van der Waals surface area contributed by atoms with Gasteiger partial charge in [-0.15, -0.1) is 12.4 Å². The van der Waals surface area contributed by atoms with E-state index in [0.29, 0.717) is 22.1 Å². The van der Waals surface area contributed by atoms with Crippen LogP contribution >= 0.6 is 12.4 Å². The van der Waals surface area contributed by atoms with E-state index in [9.17, 15) is 0 Å². The summed E-state index contributed by atoms with van der Waals surface area (Å²) in [5.74, 6) is 1.33. The predicted molar refractivity (Wildman–Crippen MR) is 73.6 cm³/mol. The van der Waals surface area contributed by atoms with Crippen molar-refractivity contribution in [2.75, 3.05) is 0 Å². The minimum absolute atomic E-state index is 0. The number of rotatable bonds is 2. The molecule has 0 spiro atoms. The van der Waals surface area contributed by atoms with E-state index in [4.69, 9.17) is 11.1 Å². The van der Waals surface area contributed by atoms with Crippen molar-refractivity contribution in [2.24, 2.45) is 27.9 Å². The van der Waals surface area contributed by atoms with Crippen LogP contribution in [0.4, 0.5) is 0 Å². The molecule has 0 saturated heterocycles. The van der Waals surface area contributed by atoms with Crippen LogP contribution in [-0.4, -0.2) is 5.84 Å². The quantitative estimate of drug-likeness (QED) is 0.574. The van der Waals surface area contributed by atoms with Crippen LogP contribution in [-0.2, 0) is 0 Å². The molecule has 4 saturated carbocycles. The molecule has 0 aromatic heterocycles. The van der Waals surface area contributed by atoms with Gasteiger partial charge < -0.3 is 5.73 Å². The van der Waals surface area contributed by atoms with E-state index in [1.165, 1.54) is 38.5 Å². The lowest BCUT2D eigenvalue weighted by atomic mass is 9.40. The minimum Gasteiger partial charge on any atom is -0.388 e. The van der Waals surface area contributed by atoms with Crippen molar-refractivity contribution in [2.45, 2.75) is 58.8 Å². The molecule has 2 unspecified atom stereocenters. The molecule has 3 N–H and O–H groups in total. The Labute approximate surface area is 111 Å². The Morgan fingerprint density at radius 3 is 2.06 bits per heavy atom. The maximum atomic E-state index is 7.63. The fourth-order valence-corrected chi connectivity index (χ4v) is 6.29. The van der Waals surface area contributed by atoms with Gasteiger partial charge in [0.25, 0.3) is 0 Å². The molecule has 2 atom stereocenters. The van der Waals surface area contributed by atoms with E-state index in [-0.39, 0.29) is 12.4 Å². The Hall–Kier alpha value is -0.240. The number of amidine groups is 1. The largest absolute Gasteiger partial charge is 0.388 e. The third-order valence-electron chi connectivity index (χ3n) is 5.31. The maximum absolute atomic E-state index is 7.63. The molecule has 4 aliphatic rings. The second-order valence-corrected chi connectivity index (χ2v) is 7.83. The van der Waals surface area contributed by atoms with Crippen molar-refractivity contribution >= 4 is 18.2 Å². The third kappa shape index (κ3) is 2.09. The molecular weight excluding hydrogens is 232 g/mol. The average Bonchev–Trinajstić information content (AvgIpc) is 1.91. The molecule has 17 heavy (non-hydrogen) atoms. The van der Waals surface area contributed by atoms with Gasteiger partial charge in [-0.1, -0.05) is 13.8 Å². The Morgan fingerprint density at radius 1 is 1.12 bits per heavy atom. The van der Waals surface area contributed by atoms with Gasteiger partial charge >= 0.3 is 0 Å². The minimum atomic E-state index is 0. The SMILES string of the molecule is CC12CC3CC(C)(C1)CC(CC(=N)N)(C3)C2.Cl. The molecule has 2 nitrogen and oxygen atoms in total. The topological polar surface area (TPSA) is 49.9 Å². The number of hydrogen-bond donors (Lipinski definition) is 2. The van der Waals surface area contributed by atoms with Gasteiger partial charge in [0, 0.05) is 6.42 Å². The molecule has 0 aliphatic heterocycles. The van der Waals surface area contributed by atoms with Crippen molar-refractivity contribution in [3.05, 3.63) is 0 Å². The van der Waals surface area contributed by atoms with Crippen molar-refractivity contribution in [3.63, 3.8) is 0 Å². The summed E-state index contributed by atoms with van der Waals surface area (Å²) in [6, 6.07) is 0. The van der Waals surface area contributed by atoms with Crippen LogP contribution in [0.3, 0.4) is 0 Å². The van der Waals surface area contributed by atoms with Gasteiger partial charge in [-0.05, 0) is 60.7 Å². The van der Waals surface area contributed by atoms with Crippen LogP contribution in [0.25, 0.3) is 0 Å². The van der Waals surface area contributed by atoms with Crippen molar-refractivity contribution in [1.82, 2.24) is 0 Å². The van der Waals surface area contributed by atoms with Crippen LogP contribution in [0, 0.1) is 27.6 Å². The lowest BCUT2D eigenvalue weighted by Gasteiger charge is -2.65. The molecule has 0 aromatic carbocycles. The second-order valence-electron chi connectivity index (χ2n) is 7.83. The molecule has 4 bridgehead atoms. The van der Waals surface area contributed by atoms with Gasteiger partial charge in [0.2, 0.25) is 0 Å². The highest BCUT2D eigenvalue weighted by atomic mass is 35.5. The zero-order valence-corrected chi connectivity index (χ0v) is 11.8. The molecule has 0 radical (unpaired) electrons. The van der Waals surface area contributed by atoms with Crippen molar-refractivity contribution in [1.29, 1.82) is 5.41 Å². The maximum Gasteiger partial charge on any atom is 0.0910 e. The van der Waals surface area contributed by atoms with Gasteiger partial charge in [-0.2, -0.15) is 0 Å². The number of nitrogens with two attached hydrogens (primary N) is 1. The highest BCUT2D eigenvalue weighted by Crippen LogP contribution is 2.70. The van der Waals surface area contributed by atoms with E-state index in [2.05, 4.69) is 13.8 Å². The summed E-state index contributed by atoms with van der Waals surface area (Å²) in [4.78, 5) is 0. The first-order chi connectivity index (χ1) is 7.32. The summed E-state index contributed by atoms with van der Waals surface area (Å²) in [5.41, 5.74) is 7.20. The van der Waals surface area contributed by atoms with Crippen LogP contribution < -0.4 is 5.73 Å². The monoisotopic (exact) mass is 256 g/mol. The fraction of sp³-hybridized carbons (Fsp3) is 0.929. The first kappa shape index (κ1) is 13.2. The summed E-state index contributed by atoms with van der Waals surface area (Å²) in [5, 5.41) is 7.63. The van der Waals surface area contributed by atoms with Crippen LogP contribution in [0.5, 0.6) is 0 Å². The van der Waals surface area contributed by atoms with Crippen LogP contribution in [0.15, 0.2) is 0 Å². The smallest absolute Gasteiger partial charge is 0.0910 e. The summed E-state index contributed by atoms with van der Waals surface area (Å²) in [7, 11) is 0. The zero-order valence-electron chi connectivity index (χ0n) is 11.0. The van der Waals surface area contributed by atoms with E-state index >= 15 is 0 Å². The van der Waals surface area contributed by atoms with E-state index in [1.54, 1.807) is 0 Å². The number of nitrogens with one attached hydrogen (secondary N) is 1. The van der Waals surface area contributed by atoms with Gasteiger partial charge in [0.05, 0.1) is 5.84 Å².